The zero-order chi connectivity index (χ0) is 35.3. The van der Waals surface area contributed by atoms with E-state index in [1.165, 1.54) is 28.4 Å². The molecule has 50 heavy (non-hydrogen) atoms. The average Bonchev–Trinajstić information content (AvgIpc) is 3.88. The number of nitrogens with zero attached hydrogens (tertiary/aromatic N) is 2. The number of carbonyl (C=O) groups excluding carboxylic acids is 3. The number of anilines is 1. The molecule has 266 valence electrons. The molecule has 0 spiro atoms. The highest BCUT2D eigenvalue weighted by molar-refractivity contribution is 9.10. The minimum absolute atomic E-state index is 0.0765. The fraction of sp³-hybridized carbons (Fsp3) is 0.486. The second-order valence-electron chi connectivity index (χ2n) is 14.0. The molecule has 3 N–H and O–H groups in total. The van der Waals surface area contributed by atoms with Crippen molar-refractivity contribution >= 4 is 70.9 Å². The SMILES string of the molecule is CC1(S(=O)(=O)NC(=O)[C@@]23C[C@H]2C=CCCCCC[C@H](Nc2cccc(F)c2)C(=O)N2C[C@H](Oc4nc5ccc(Br)cc5s4)C[C@H]2C(=O)N3)CC1. The molecule has 3 heterocycles. The van der Waals surface area contributed by atoms with E-state index in [1.807, 2.05) is 30.4 Å². The summed E-state index contributed by atoms with van der Waals surface area (Å²) in [6.45, 7) is 1.67. The average molecular weight is 789 g/mol. The van der Waals surface area contributed by atoms with E-state index in [1.54, 1.807) is 19.1 Å². The number of sulfonamides is 1. The van der Waals surface area contributed by atoms with Crippen LogP contribution in [-0.4, -0.2) is 71.0 Å². The van der Waals surface area contributed by atoms with E-state index in [0.717, 1.165) is 34.0 Å². The number of thiazole rings is 1. The van der Waals surface area contributed by atoms with Crippen LogP contribution in [0.4, 0.5) is 10.1 Å². The van der Waals surface area contributed by atoms with E-state index in [-0.39, 0.29) is 25.3 Å². The van der Waals surface area contributed by atoms with Gasteiger partial charge in [0.1, 0.15) is 29.5 Å². The number of fused-ring (bicyclic) bond motifs is 3. The molecule has 0 bridgehead atoms. The fourth-order valence-electron chi connectivity index (χ4n) is 6.80. The van der Waals surface area contributed by atoms with Crippen LogP contribution in [0.25, 0.3) is 10.2 Å². The van der Waals surface area contributed by atoms with Crippen LogP contribution < -0.4 is 20.1 Å². The Morgan fingerprint density at radius 2 is 1.98 bits per heavy atom. The maximum Gasteiger partial charge on any atom is 0.274 e. The number of hydrogen-bond acceptors (Lipinski definition) is 9. The van der Waals surface area contributed by atoms with Crippen LogP contribution in [0, 0.1) is 11.7 Å². The molecule has 2 aliphatic carbocycles. The highest BCUT2D eigenvalue weighted by atomic mass is 79.9. The molecule has 1 saturated heterocycles. The molecule has 2 aromatic carbocycles. The summed E-state index contributed by atoms with van der Waals surface area (Å²) in [5.41, 5.74) is -0.274. The third-order valence-corrected chi connectivity index (χ3v) is 13.8. The predicted octanol–water partition coefficient (Wildman–Crippen LogP) is 5.42. The van der Waals surface area contributed by atoms with Gasteiger partial charge in [-0.3, -0.25) is 19.1 Å². The maximum atomic E-state index is 14.4. The van der Waals surface area contributed by atoms with Crippen LogP contribution >= 0.6 is 27.3 Å². The van der Waals surface area contributed by atoms with E-state index in [9.17, 15) is 27.2 Å². The first kappa shape index (κ1) is 34.9. The first-order chi connectivity index (χ1) is 23.9. The summed E-state index contributed by atoms with van der Waals surface area (Å²) in [6.07, 6.45) is 8.08. The predicted molar refractivity (Wildman–Crippen MR) is 192 cm³/mol. The number of halogens is 2. The summed E-state index contributed by atoms with van der Waals surface area (Å²) in [5, 5.41) is 6.51. The van der Waals surface area contributed by atoms with Crippen molar-refractivity contribution in [3.63, 3.8) is 0 Å². The number of amides is 3. The second-order valence-corrected chi connectivity index (χ2v) is 18.1. The van der Waals surface area contributed by atoms with Gasteiger partial charge in [0.25, 0.3) is 11.1 Å². The number of ether oxygens (including phenoxy) is 1. The Labute approximate surface area is 302 Å². The van der Waals surface area contributed by atoms with Crippen molar-refractivity contribution in [1.82, 2.24) is 19.9 Å². The van der Waals surface area contributed by atoms with Gasteiger partial charge in [-0.1, -0.05) is 58.3 Å². The normalized spacial score (nSPS) is 28.1. The van der Waals surface area contributed by atoms with Gasteiger partial charge in [0.05, 0.1) is 21.5 Å². The fourth-order valence-corrected chi connectivity index (χ4v) is 9.54. The van der Waals surface area contributed by atoms with E-state index in [0.29, 0.717) is 36.6 Å². The minimum Gasteiger partial charge on any atom is -0.465 e. The Balaban J connectivity index is 1.19. The van der Waals surface area contributed by atoms with Gasteiger partial charge in [-0.2, -0.15) is 0 Å². The summed E-state index contributed by atoms with van der Waals surface area (Å²) >= 11 is 4.83. The standard InChI is InChI=1S/C35H39BrFN5O6S2/c1-34(14-15-34)50(46,47)41-32(45)35-19-21(35)8-5-3-2-4-6-11-27(38-24-10-7-9-23(37)17-24)31(44)42-20-25(18-28(42)30(43)40-35)48-33-39-26-13-12-22(36)16-29(26)49-33/h5,7-10,12-13,16-17,21,25,27-28,38H,2-4,6,11,14-15,18-20H2,1H3,(H,40,43)(H,41,45)/t21-,25-,27+,28+,35-/m1/s1. The second kappa shape index (κ2) is 13.5. The van der Waals surface area contributed by atoms with Crippen molar-refractivity contribution < 1.29 is 31.9 Å². The van der Waals surface area contributed by atoms with Gasteiger partial charge >= 0.3 is 0 Å². The van der Waals surface area contributed by atoms with E-state index >= 15 is 0 Å². The maximum absolute atomic E-state index is 14.4. The van der Waals surface area contributed by atoms with Crippen molar-refractivity contribution in [1.29, 1.82) is 0 Å². The van der Waals surface area contributed by atoms with Gasteiger partial charge < -0.3 is 20.3 Å². The lowest BCUT2D eigenvalue weighted by Crippen LogP contribution is -2.58. The minimum atomic E-state index is -3.96. The van der Waals surface area contributed by atoms with Gasteiger partial charge in [0.15, 0.2) is 0 Å². The lowest BCUT2D eigenvalue weighted by molar-refractivity contribution is -0.140. The zero-order valence-corrected chi connectivity index (χ0v) is 30.7. The van der Waals surface area contributed by atoms with Gasteiger partial charge in [-0.05, 0) is 81.8 Å². The van der Waals surface area contributed by atoms with Crippen LogP contribution in [0.5, 0.6) is 5.19 Å². The number of rotatable bonds is 7. The molecule has 0 radical (unpaired) electrons. The molecule has 2 saturated carbocycles. The van der Waals surface area contributed by atoms with E-state index in [2.05, 4.69) is 36.3 Å². The largest absolute Gasteiger partial charge is 0.465 e. The Kier molecular flexibility index (Phi) is 9.44. The quantitative estimate of drug-likeness (QED) is 0.269. The van der Waals surface area contributed by atoms with Crippen molar-refractivity contribution in [2.75, 3.05) is 11.9 Å². The van der Waals surface area contributed by atoms with E-state index in [4.69, 9.17) is 4.74 Å². The van der Waals surface area contributed by atoms with Crippen LogP contribution in [0.2, 0.25) is 0 Å². The number of hydrogen-bond donors (Lipinski definition) is 3. The molecule has 3 aromatic rings. The molecule has 5 atom stereocenters. The third-order valence-electron chi connectivity index (χ3n) is 10.2. The Morgan fingerprint density at radius 3 is 2.76 bits per heavy atom. The third kappa shape index (κ3) is 7.13. The summed E-state index contributed by atoms with van der Waals surface area (Å²) in [6, 6.07) is 9.81. The molecule has 7 rings (SSSR count). The Bertz CT molecular complexity index is 1970. The summed E-state index contributed by atoms with van der Waals surface area (Å²) < 4.78 is 49.7. The number of carbonyl (C=O) groups is 3. The first-order valence-electron chi connectivity index (χ1n) is 17.0. The van der Waals surface area contributed by atoms with Crippen molar-refractivity contribution in [2.45, 2.75) is 93.2 Å². The summed E-state index contributed by atoms with van der Waals surface area (Å²) in [5.74, 6) is -2.54. The number of nitrogens with one attached hydrogen (secondary N) is 3. The summed E-state index contributed by atoms with van der Waals surface area (Å²) in [4.78, 5) is 48.5. The Morgan fingerprint density at radius 1 is 1.16 bits per heavy atom. The highest BCUT2D eigenvalue weighted by Gasteiger charge is 2.63. The van der Waals surface area contributed by atoms with Gasteiger partial charge in [-0.25, -0.2) is 17.8 Å². The number of benzene rings is 2. The highest BCUT2D eigenvalue weighted by Crippen LogP contribution is 2.47. The van der Waals surface area contributed by atoms with Crippen molar-refractivity contribution in [3.8, 4) is 5.19 Å². The first-order valence-corrected chi connectivity index (χ1v) is 20.1. The molecular weight excluding hydrogens is 749 g/mol. The van der Waals surface area contributed by atoms with Crippen molar-refractivity contribution in [2.24, 2.45) is 5.92 Å². The van der Waals surface area contributed by atoms with Gasteiger partial charge in [-0.15, -0.1) is 0 Å². The molecule has 1 aromatic heterocycles. The smallest absolute Gasteiger partial charge is 0.274 e. The molecule has 3 fully saturated rings. The van der Waals surface area contributed by atoms with Crippen LogP contribution in [0.15, 0.2) is 59.1 Å². The topological polar surface area (TPSA) is 147 Å². The zero-order valence-electron chi connectivity index (χ0n) is 27.5. The monoisotopic (exact) mass is 787 g/mol. The van der Waals surface area contributed by atoms with Gasteiger partial charge in [0.2, 0.25) is 21.8 Å². The van der Waals surface area contributed by atoms with Gasteiger partial charge in [0, 0.05) is 22.5 Å². The molecular formula is C35H39BrFN5O6S2. The molecule has 4 aliphatic rings. The molecule has 3 amide bonds. The van der Waals surface area contributed by atoms with Crippen LogP contribution in [0.1, 0.15) is 64.7 Å². The molecule has 11 nitrogen and oxygen atoms in total. The van der Waals surface area contributed by atoms with Crippen LogP contribution in [0.3, 0.4) is 0 Å². The van der Waals surface area contributed by atoms with Crippen LogP contribution in [-0.2, 0) is 24.4 Å². The lowest BCUT2D eigenvalue weighted by atomic mass is 10.0. The van der Waals surface area contributed by atoms with Crippen molar-refractivity contribution in [3.05, 3.63) is 64.9 Å². The molecule has 2 aliphatic heterocycles. The molecule has 0 unspecified atom stereocenters. The molecule has 15 heteroatoms. The van der Waals surface area contributed by atoms with E-state index < -0.39 is 62.0 Å². The Hall–Kier alpha value is -3.56. The lowest BCUT2D eigenvalue weighted by Gasteiger charge is -2.30. The number of allylic oxidation sites excluding steroid dienone is 1. The number of aromatic nitrogens is 1. The summed E-state index contributed by atoms with van der Waals surface area (Å²) in [7, 11) is -3.96.